The van der Waals surface area contributed by atoms with E-state index in [9.17, 15) is 29.1 Å². The molecule has 0 amide bonds. The molecule has 0 saturated carbocycles. The molecule has 10 nitrogen and oxygen atoms in total. The number of rotatable bonds is 19. The fraction of sp³-hybridized carbons (Fsp3) is 0.516. The maximum Gasteiger partial charge on any atom is 1.00 e. The average molecular weight is 601 g/mol. The van der Waals surface area contributed by atoms with E-state index in [0.717, 1.165) is 68.9 Å². The number of carbonyl (C=O) groups excluding carboxylic acids is 5. The van der Waals surface area contributed by atoms with Crippen LogP contribution in [-0.4, -0.2) is 36.0 Å². The van der Waals surface area contributed by atoms with Gasteiger partial charge in [0.15, 0.2) is 0 Å². The first-order valence-corrected chi connectivity index (χ1v) is 14.0. The Bertz CT molecular complexity index is 806. The quantitative estimate of drug-likeness (QED) is 0.0937. The minimum absolute atomic E-state index is 0. The van der Waals surface area contributed by atoms with Gasteiger partial charge in [-0.05, 0) is 38.2 Å². The summed E-state index contributed by atoms with van der Waals surface area (Å²) in [7, 11) is 0. The molecule has 0 aliphatic rings. The zero-order chi connectivity index (χ0) is 31.4. The molecule has 0 aromatic rings. The number of unbranched alkanes of at least 4 members (excludes halogenated alkanes) is 5. The molecule has 0 rings (SSSR count). The Labute approximate surface area is 272 Å². The number of esters is 4. The summed E-state index contributed by atoms with van der Waals surface area (Å²) in [5.41, 5.74) is 0. The van der Waals surface area contributed by atoms with Crippen molar-refractivity contribution in [1.82, 2.24) is 0 Å². The molecular weight excluding hydrogens is 555 g/mol. The summed E-state index contributed by atoms with van der Waals surface area (Å²) in [5.74, 6) is -5.21. The number of hydrogen-bond acceptors (Lipinski definition) is 10. The van der Waals surface area contributed by atoms with E-state index in [2.05, 4.69) is 0 Å². The summed E-state index contributed by atoms with van der Waals surface area (Å²) >= 11 is 0. The van der Waals surface area contributed by atoms with Gasteiger partial charge in [0, 0.05) is 24.3 Å². The zero-order valence-corrected chi connectivity index (χ0v) is 27.9. The molecule has 0 N–H and O–H groups in total. The van der Waals surface area contributed by atoms with Gasteiger partial charge in [-0.15, -0.1) is 0 Å². The number of ether oxygens (including phenoxy) is 4. The van der Waals surface area contributed by atoms with Gasteiger partial charge in [-0.1, -0.05) is 97.1 Å². The third-order valence-corrected chi connectivity index (χ3v) is 4.45. The molecule has 230 valence electrons. The van der Waals surface area contributed by atoms with Gasteiger partial charge in [0.2, 0.25) is 0 Å². The van der Waals surface area contributed by atoms with Crippen LogP contribution in [0.1, 0.15) is 98.8 Å². The first-order chi connectivity index (χ1) is 19.6. The summed E-state index contributed by atoms with van der Waals surface area (Å²) in [4.78, 5) is 59.0. The van der Waals surface area contributed by atoms with E-state index < -0.39 is 36.0 Å². The van der Waals surface area contributed by atoms with Crippen molar-refractivity contribution in [3.05, 3.63) is 60.8 Å². The Hall–Kier alpha value is -2.95. The summed E-state index contributed by atoms with van der Waals surface area (Å²) in [6, 6.07) is 0. The largest absolute Gasteiger partial charge is 1.00 e. The molecule has 11 heteroatoms. The van der Waals surface area contributed by atoms with Gasteiger partial charge in [-0.2, -0.15) is 0 Å². The maximum atomic E-state index is 12.3. The summed E-state index contributed by atoms with van der Waals surface area (Å²) < 4.78 is 20.2. The van der Waals surface area contributed by atoms with Gasteiger partial charge in [0.05, 0.1) is 5.97 Å². The van der Waals surface area contributed by atoms with Crippen LogP contribution in [0.2, 0.25) is 0 Å². The van der Waals surface area contributed by atoms with Crippen LogP contribution >= 0.6 is 0 Å². The number of allylic oxidation sites excluding steroid dienone is 5. The number of carboxylic acids is 1. The minimum atomic E-state index is -3.03. The van der Waals surface area contributed by atoms with E-state index in [1.54, 1.807) is 6.08 Å². The zero-order valence-electron chi connectivity index (χ0n) is 25.9. The summed E-state index contributed by atoms with van der Waals surface area (Å²) in [6.45, 7) is 9.65. The SMILES string of the molecule is CCCC=CC(=O)OC(OC(=O)C=CCCC)(OC(=O)C=CCCC)OC(=O)C=CCCC.CCCC=CC(=O)[O-].[Na+]. The van der Waals surface area contributed by atoms with Gasteiger partial charge in [0.1, 0.15) is 0 Å². The Kier molecular flexibility index (Phi) is 30.6. The van der Waals surface area contributed by atoms with Gasteiger partial charge >= 0.3 is 59.6 Å². The van der Waals surface area contributed by atoms with E-state index >= 15 is 0 Å². The number of aliphatic carboxylic acids is 1. The van der Waals surface area contributed by atoms with Crippen LogP contribution in [0.4, 0.5) is 0 Å². The van der Waals surface area contributed by atoms with E-state index in [-0.39, 0.29) is 29.6 Å². The van der Waals surface area contributed by atoms with E-state index in [1.165, 1.54) is 24.3 Å². The third kappa shape index (κ3) is 27.2. The van der Waals surface area contributed by atoms with Gasteiger partial charge < -0.3 is 28.8 Å². The first-order valence-electron chi connectivity index (χ1n) is 14.0. The van der Waals surface area contributed by atoms with Crippen LogP contribution < -0.4 is 34.7 Å². The fourth-order valence-electron chi connectivity index (χ4n) is 2.49. The molecule has 0 fully saturated rings. The molecule has 0 aromatic heterocycles. The Balaban J connectivity index is -0.00000147. The molecule has 42 heavy (non-hydrogen) atoms. The van der Waals surface area contributed by atoms with Crippen molar-refractivity contribution in [3.8, 4) is 0 Å². The standard InChI is InChI=1S/C25H36O8.C6H10O2.Na/c1-5-9-13-17-21(26)30-25(31-22(27)18-14-10-6-2,32-23(28)19-15-11-7-3)33-24(29)20-16-12-8-4;1-2-3-4-5-6(7)8;/h13-20H,5-12H2,1-4H3;4-5H,2-3H2,1H3,(H,7,8);/q;;+1/p-1. The van der Waals surface area contributed by atoms with Crippen molar-refractivity contribution in [2.75, 3.05) is 0 Å². The summed E-state index contributed by atoms with van der Waals surface area (Å²) in [6.07, 6.45) is 17.3. The van der Waals surface area contributed by atoms with Crippen molar-refractivity contribution >= 4 is 29.8 Å². The number of carbonyl (C=O) groups is 5. The van der Waals surface area contributed by atoms with Crippen molar-refractivity contribution < 1.29 is 77.6 Å². The normalized spacial score (nSPS) is 12.5. The average Bonchev–Trinajstić information content (AvgIpc) is 2.89. The molecule has 0 aliphatic carbocycles. The van der Waals surface area contributed by atoms with Crippen LogP contribution in [0.25, 0.3) is 0 Å². The van der Waals surface area contributed by atoms with E-state index in [0.29, 0.717) is 25.7 Å². The smallest absolute Gasteiger partial charge is 0.545 e. The molecule has 0 unspecified atom stereocenters. The molecule has 0 aromatic carbocycles. The van der Waals surface area contributed by atoms with Crippen LogP contribution in [0.15, 0.2) is 60.8 Å². The van der Waals surface area contributed by atoms with Gasteiger partial charge in [-0.25, -0.2) is 19.2 Å². The molecule has 0 radical (unpaired) electrons. The molecule has 0 aliphatic heterocycles. The molecule has 0 bridgehead atoms. The van der Waals surface area contributed by atoms with E-state index in [1.807, 2.05) is 34.6 Å². The topological polar surface area (TPSA) is 145 Å². The minimum Gasteiger partial charge on any atom is -0.545 e. The number of hydrogen-bond donors (Lipinski definition) is 0. The molecule has 0 heterocycles. The predicted octanol–water partition coefficient (Wildman–Crippen LogP) is 2.29. The van der Waals surface area contributed by atoms with Gasteiger partial charge in [0.25, 0.3) is 0 Å². The van der Waals surface area contributed by atoms with Crippen LogP contribution in [-0.2, 0) is 42.9 Å². The van der Waals surface area contributed by atoms with Crippen molar-refractivity contribution in [3.63, 3.8) is 0 Å². The van der Waals surface area contributed by atoms with Crippen LogP contribution in [0.3, 0.4) is 0 Å². The van der Waals surface area contributed by atoms with E-state index in [4.69, 9.17) is 18.9 Å². The van der Waals surface area contributed by atoms with Gasteiger partial charge in [-0.3, -0.25) is 0 Å². The van der Waals surface area contributed by atoms with Crippen molar-refractivity contribution in [2.45, 2.75) is 105 Å². The molecule has 0 atom stereocenters. The second-order valence-corrected chi connectivity index (χ2v) is 8.46. The molecular formula is C31H45NaO10. The predicted molar refractivity (Wildman–Crippen MR) is 152 cm³/mol. The Morgan fingerprint density at radius 3 is 0.881 bits per heavy atom. The first kappa shape index (κ1) is 43.5. The fourth-order valence-corrected chi connectivity index (χ4v) is 2.49. The van der Waals surface area contributed by atoms with Crippen LogP contribution in [0, 0.1) is 0 Å². The van der Waals surface area contributed by atoms with Crippen LogP contribution in [0.5, 0.6) is 0 Å². The summed E-state index contributed by atoms with van der Waals surface area (Å²) in [5, 5.41) is 9.68. The third-order valence-electron chi connectivity index (χ3n) is 4.45. The molecule has 0 spiro atoms. The Morgan fingerprint density at radius 2 is 0.690 bits per heavy atom. The maximum absolute atomic E-state index is 12.3. The van der Waals surface area contributed by atoms with Crippen molar-refractivity contribution in [2.24, 2.45) is 0 Å². The second kappa shape index (κ2) is 29.5. The monoisotopic (exact) mass is 600 g/mol. The number of carboxylic acid groups (broad SMARTS) is 1. The second-order valence-electron chi connectivity index (χ2n) is 8.46. The Morgan fingerprint density at radius 1 is 0.476 bits per heavy atom. The van der Waals surface area contributed by atoms with Crippen molar-refractivity contribution in [1.29, 1.82) is 0 Å². The molecule has 0 saturated heterocycles.